The summed E-state index contributed by atoms with van der Waals surface area (Å²) in [6.45, 7) is 3.96. The summed E-state index contributed by atoms with van der Waals surface area (Å²) < 4.78 is 6.16. The molecule has 1 spiro atoms. The van der Waals surface area contributed by atoms with Gasteiger partial charge in [0.2, 0.25) is 0 Å². The van der Waals surface area contributed by atoms with Gasteiger partial charge in [-0.15, -0.1) is 0 Å². The summed E-state index contributed by atoms with van der Waals surface area (Å²) in [5, 5.41) is 4.11. The molecule has 2 nitrogen and oxygen atoms in total. The molecular weight excluding hydrogens is 222 g/mol. The van der Waals surface area contributed by atoms with Crippen LogP contribution < -0.4 is 10.1 Å². The summed E-state index contributed by atoms with van der Waals surface area (Å²) in [6, 6.07) is 3.91. The molecule has 16 heavy (non-hydrogen) atoms. The number of halogens is 1. The molecule has 0 amide bonds. The van der Waals surface area contributed by atoms with Crippen molar-refractivity contribution in [3.63, 3.8) is 0 Å². The van der Waals surface area contributed by atoms with Crippen molar-refractivity contribution < 1.29 is 4.74 Å². The minimum absolute atomic E-state index is 0.133. The maximum Gasteiger partial charge on any atom is 0.141 e. The van der Waals surface area contributed by atoms with Crippen LogP contribution in [0.1, 0.15) is 17.5 Å². The lowest BCUT2D eigenvalue weighted by atomic mass is 9.96. The Morgan fingerprint density at radius 1 is 1.44 bits per heavy atom. The van der Waals surface area contributed by atoms with E-state index in [1.165, 1.54) is 0 Å². The topological polar surface area (TPSA) is 21.3 Å². The van der Waals surface area contributed by atoms with E-state index in [0.29, 0.717) is 0 Å². The first kappa shape index (κ1) is 10.2. The molecule has 2 aliphatic rings. The van der Waals surface area contributed by atoms with Gasteiger partial charge >= 0.3 is 0 Å². The van der Waals surface area contributed by atoms with Crippen molar-refractivity contribution in [2.75, 3.05) is 13.1 Å². The third-order valence-corrected chi connectivity index (χ3v) is 3.51. The molecular formula is C13H14ClNO. The summed E-state index contributed by atoms with van der Waals surface area (Å²) in [5.74, 6) is 0.982. The molecule has 1 N–H and O–H groups in total. The number of benzene rings is 1. The zero-order valence-electron chi connectivity index (χ0n) is 9.22. The molecule has 0 aliphatic carbocycles. The number of hydrogen-bond donors (Lipinski definition) is 1. The van der Waals surface area contributed by atoms with Gasteiger partial charge in [-0.1, -0.05) is 17.7 Å². The van der Waals surface area contributed by atoms with Crippen LogP contribution in [-0.2, 0) is 0 Å². The Balaban J connectivity index is 2.06. The van der Waals surface area contributed by atoms with Crippen LogP contribution in [0.4, 0.5) is 0 Å². The Bertz CT molecular complexity index is 461. The van der Waals surface area contributed by atoms with E-state index in [1.807, 2.05) is 19.1 Å². The molecule has 1 aromatic carbocycles. The molecule has 1 aromatic rings. The summed E-state index contributed by atoms with van der Waals surface area (Å²) >= 11 is 6.03. The van der Waals surface area contributed by atoms with Crippen molar-refractivity contribution in [2.45, 2.75) is 18.9 Å². The predicted octanol–water partition coefficient (Wildman–Crippen LogP) is 2.79. The number of nitrogens with one attached hydrogen (secondary N) is 1. The number of hydrogen-bond acceptors (Lipinski definition) is 2. The smallest absolute Gasteiger partial charge is 0.141 e. The molecule has 1 atom stereocenters. The fourth-order valence-electron chi connectivity index (χ4n) is 2.42. The van der Waals surface area contributed by atoms with Crippen molar-refractivity contribution in [3.8, 4) is 5.75 Å². The van der Waals surface area contributed by atoms with Crippen molar-refractivity contribution in [2.24, 2.45) is 0 Å². The molecule has 0 aromatic heterocycles. The van der Waals surface area contributed by atoms with E-state index in [9.17, 15) is 0 Å². The lowest BCUT2D eigenvalue weighted by molar-refractivity contribution is 0.138. The average Bonchev–Trinajstić information content (AvgIpc) is 2.68. The summed E-state index contributed by atoms with van der Waals surface area (Å²) in [4.78, 5) is 0. The SMILES string of the molecule is Cc1cc(Cl)cc2c1OC1(C=C2)CCNC1. The van der Waals surface area contributed by atoms with E-state index in [4.69, 9.17) is 16.3 Å². The normalized spacial score (nSPS) is 26.9. The molecule has 84 valence electrons. The van der Waals surface area contributed by atoms with Gasteiger partial charge in [0.15, 0.2) is 0 Å². The van der Waals surface area contributed by atoms with Gasteiger partial charge in [-0.3, -0.25) is 0 Å². The summed E-state index contributed by atoms with van der Waals surface area (Å²) in [7, 11) is 0. The molecule has 1 saturated heterocycles. The lowest BCUT2D eigenvalue weighted by Crippen LogP contribution is -2.37. The van der Waals surface area contributed by atoms with Crippen molar-refractivity contribution >= 4 is 17.7 Å². The first-order valence-electron chi connectivity index (χ1n) is 5.58. The van der Waals surface area contributed by atoms with Crippen LogP contribution in [-0.4, -0.2) is 18.7 Å². The van der Waals surface area contributed by atoms with E-state index in [-0.39, 0.29) is 5.60 Å². The third-order valence-electron chi connectivity index (χ3n) is 3.29. The first-order valence-corrected chi connectivity index (χ1v) is 5.95. The number of fused-ring (bicyclic) bond motifs is 1. The Morgan fingerprint density at radius 3 is 3.06 bits per heavy atom. The molecule has 2 heterocycles. The molecule has 1 fully saturated rings. The molecule has 2 aliphatic heterocycles. The second-order valence-corrected chi connectivity index (χ2v) is 5.00. The van der Waals surface area contributed by atoms with Crippen LogP contribution in [0, 0.1) is 6.92 Å². The highest BCUT2D eigenvalue weighted by atomic mass is 35.5. The van der Waals surface area contributed by atoms with E-state index < -0.39 is 0 Å². The van der Waals surface area contributed by atoms with E-state index in [2.05, 4.69) is 17.5 Å². The minimum atomic E-state index is -0.133. The van der Waals surface area contributed by atoms with E-state index in [1.54, 1.807) is 0 Å². The molecule has 0 saturated carbocycles. The highest BCUT2D eigenvalue weighted by molar-refractivity contribution is 6.30. The van der Waals surface area contributed by atoms with Crippen LogP contribution in [0.25, 0.3) is 6.08 Å². The summed E-state index contributed by atoms with van der Waals surface area (Å²) in [5.41, 5.74) is 2.06. The zero-order valence-corrected chi connectivity index (χ0v) is 9.97. The molecule has 3 rings (SSSR count). The van der Waals surface area contributed by atoms with Gasteiger partial charge in [0.1, 0.15) is 11.4 Å². The van der Waals surface area contributed by atoms with Crippen LogP contribution >= 0.6 is 11.6 Å². The van der Waals surface area contributed by atoms with Crippen molar-refractivity contribution in [1.29, 1.82) is 0 Å². The average molecular weight is 236 g/mol. The zero-order chi connectivity index (χ0) is 11.2. The fourth-order valence-corrected chi connectivity index (χ4v) is 2.70. The Morgan fingerprint density at radius 2 is 2.31 bits per heavy atom. The maximum atomic E-state index is 6.16. The van der Waals surface area contributed by atoms with Gasteiger partial charge < -0.3 is 10.1 Å². The van der Waals surface area contributed by atoms with Crippen LogP contribution in [0.2, 0.25) is 5.02 Å². The third kappa shape index (κ3) is 1.53. The maximum absolute atomic E-state index is 6.16. The lowest BCUT2D eigenvalue weighted by Gasteiger charge is -2.31. The van der Waals surface area contributed by atoms with Gasteiger partial charge in [0.25, 0.3) is 0 Å². The fraction of sp³-hybridized carbons (Fsp3) is 0.385. The van der Waals surface area contributed by atoms with E-state index >= 15 is 0 Å². The Kier molecular flexibility index (Phi) is 2.23. The summed E-state index contributed by atoms with van der Waals surface area (Å²) in [6.07, 6.45) is 5.32. The molecule has 3 heteroatoms. The predicted molar refractivity (Wildman–Crippen MR) is 66.1 cm³/mol. The van der Waals surface area contributed by atoms with Gasteiger partial charge in [-0.2, -0.15) is 0 Å². The van der Waals surface area contributed by atoms with Gasteiger partial charge in [0.05, 0.1) is 0 Å². The van der Waals surface area contributed by atoms with Gasteiger partial charge in [-0.25, -0.2) is 0 Å². The van der Waals surface area contributed by atoms with Crippen molar-refractivity contribution in [1.82, 2.24) is 5.32 Å². The van der Waals surface area contributed by atoms with Crippen molar-refractivity contribution in [3.05, 3.63) is 34.4 Å². The number of ether oxygens (including phenoxy) is 1. The monoisotopic (exact) mass is 235 g/mol. The number of rotatable bonds is 0. The second-order valence-electron chi connectivity index (χ2n) is 4.57. The highest BCUT2D eigenvalue weighted by Gasteiger charge is 2.36. The molecule has 0 radical (unpaired) electrons. The molecule has 1 unspecified atom stereocenters. The second kappa shape index (κ2) is 3.51. The largest absolute Gasteiger partial charge is 0.481 e. The minimum Gasteiger partial charge on any atom is -0.481 e. The Hall–Kier alpha value is -0.990. The van der Waals surface area contributed by atoms with Gasteiger partial charge in [0, 0.05) is 23.6 Å². The number of aryl methyl sites for hydroxylation is 1. The quantitative estimate of drug-likeness (QED) is 0.747. The van der Waals surface area contributed by atoms with E-state index in [0.717, 1.165) is 41.4 Å². The van der Waals surface area contributed by atoms with Gasteiger partial charge in [-0.05, 0) is 37.2 Å². The van der Waals surface area contributed by atoms with Crippen LogP contribution in [0.5, 0.6) is 5.75 Å². The highest BCUT2D eigenvalue weighted by Crippen LogP contribution is 2.38. The van der Waals surface area contributed by atoms with Crippen LogP contribution in [0.15, 0.2) is 18.2 Å². The van der Waals surface area contributed by atoms with Crippen LogP contribution in [0.3, 0.4) is 0 Å². The first-order chi connectivity index (χ1) is 7.69. The molecule has 0 bridgehead atoms. The standard InChI is InChI=1S/C13H14ClNO/c1-9-6-11(14)7-10-2-3-13(16-12(9)10)4-5-15-8-13/h2-3,6-7,15H,4-5,8H2,1H3. The Labute approximate surface area is 100 Å².